The summed E-state index contributed by atoms with van der Waals surface area (Å²) in [6, 6.07) is 10.9. The van der Waals surface area contributed by atoms with Crippen LogP contribution in [0.4, 0.5) is 11.4 Å². The maximum absolute atomic E-state index is 13.0. The number of aryl methyl sites for hydroxylation is 1. The zero-order chi connectivity index (χ0) is 53.4. The molecule has 2 aromatic carbocycles. The standard InChI is InChI=1S/C51H70N4O13S4/c1-34-18-22-42-40(30-34)50(4,5)44(55(42)28-12-10-16-46(56)52-32-35(2)70(60,61)62)24-19-37-14-13-15-38(49(37)69-29-26-47(57)53-33-36(3)71(63,64)65)20-25-45-51(6,7)41-31-39(72(66,67)68)21-23-43(41)54(45)27-11-8-9-17-48(58)59/h18-25,30-31,35-36H,8-17,26-29,32-33H2,1-7H3,(H5-,52,53,56,57,58,59,60,61,62,63,64,65,66,67,68)/p+1. The molecule has 2 heterocycles. The molecule has 6 N–H and O–H groups in total. The molecule has 0 bridgehead atoms. The second-order valence-electron chi connectivity index (χ2n) is 19.9. The van der Waals surface area contributed by atoms with Crippen molar-refractivity contribution in [3.8, 4) is 0 Å². The van der Waals surface area contributed by atoms with Crippen LogP contribution < -0.4 is 15.5 Å². The lowest BCUT2D eigenvalue weighted by Gasteiger charge is -2.27. The van der Waals surface area contributed by atoms with Gasteiger partial charge in [0, 0.05) is 90.5 Å². The number of thioether (sulfide) groups is 1. The third-order valence-corrected chi connectivity index (χ3v) is 18.1. The monoisotopic (exact) mass is 1080 g/mol. The van der Waals surface area contributed by atoms with E-state index in [9.17, 15) is 58.4 Å². The second-order valence-corrected chi connectivity index (χ2v) is 26.1. The predicted octanol–water partition coefficient (Wildman–Crippen LogP) is 7.94. The van der Waals surface area contributed by atoms with Crippen LogP contribution in [0.25, 0.3) is 0 Å². The van der Waals surface area contributed by atoms with Crippen molar-refractivity contribution in [2.75, 3.05) is 36.8 Å². The number of carbonyl (C=O) groups is 3. The quantitative estimate of drug-likeness (QED) is 0.0313. The van der Waals surface area contributed by atoms with Gasteiger partial charge >= 0.3 is 5.97 Å². The number of carboxylic acid groups (broad SMARTS) is 1. The number of aliphatic carboxylic acids is 1. The van der Waals surface area contributed by atoms with E-state index in [-0.39, 0.29) is 49.1 Å². The molecule has 2 atom stereocenters. The van der Waals surface area contributed by atoms with E-state index in [0.29, 0.717) is 62.9 Å². The largest absolute Gasteiger partial charge is 0.481 e. The van der Waals surface area contributed by atoms with Gasteiger partial charge in [0.05, 0.1) is 10.3 Å². The number of nitrogens with zero attached hydrogens (tertiary/aromatic N) is 2. The molecule has 2 aromatic rings. The van der Waals surface area contributed by atoms with Gasteiger partial charge < -0.3 is 20.6 Å². The number of amides is 2. The lowest BCUT2D eigenvalue weighted by molar-refractivity contribution is -0.438. The van der Waals surface area contributed by atoms with Crippen molar-refractivity contribution >= 4 is 77.0 Å². The Labute approximate surface area is 429 Å². The molecule has 21 heteroatoms. The topological polar surface area (TPSA) is 265 Å². The Kier molecular flexibility index (Phi) is 19.5. The first-order valence-electron chi connectivity index (χ1n) is 24.3. The second kappa shape index (κ2) is 24.1. The third-order valence-electron chi connectivity index (χ3n) is 13.6. The average molecular weight is 1080 g/mol. The molecule has 0 fully saturated rings. The number of hydrogen-bond donors (Lipinski definition) is 6. The zero-order valence-corrected chi connectivity index (χ0v) is 45.5. The molecule has 3 aliphatic rings. The summed E-state index contributed by atoms with van der Waals surface area (Å²) >= 11 is 1.52. The van der Waals surface area contributed by atoms with Gasteiger partial charge in [0.1, 0.15) is 17.0 Å². The van der Waals surface area contributed by atoms with E-state index in [2.05, 4.69) is 77.3 Å². The van der Waals surface area contributed by atoms with Gasteiger partial charge in [0.25, 0.3) is 30.4 Å². The summed E-state index contributed by atoms with van der Waals surface area (Å²) < 4.78 is 102. The van der Waals surface area contributed by atoms with Crippen LogP contribution in [0.2, 0.25) is 0 Å². The molecular weight excluding hydrogens is 1000 g/mol. The van der Waals surface area contributed by atoms with E-state index in [1.54, 1.807) is 6.07 Å². The fraction of sp³-hybridized carbons (Fsp3) is 0.529. The van der Waals surface area contributed by atoms with Crippen molar-refractivity contribution in [3.63, 3.8) is 0 Å². The van der Waals surface area contributed by atoms with Crippen LogP contribution in [-0.2, 0) is 55.6 Å². The minimum Gasteiger partial charge on any atom is -0.481 e. The van der Waals surface area contributed by atoms with E-state index in [1.807, 2.05) is 19.9 Å². The molecule has 0 radical (unpaired) electrons. The number of nitrogens with one attached hydrogen (secondary N) is 2. The highest BCUT2D eigenvalue weighted by molar-refractivity contribution is 8.03. The Balaban J connectivity index is 1.52. The van der Waals surface area contributed by atoms with Gasteiger partial charge in [-0.2, -0.15) is 29.8 Å². The molecule has 0 saturated carbocycles. The normalized spacial score (nSPS) is 18.7. The molecule has 2 unspecified atom stereocenters. The first kappa shape index (κ1) is 58.3. The van der Waals surface area contributed by atoms with Gasteiger partial charge in [-0.05, 0) is 121 Å². The van der Waals surface area contributed by atoms with Crippen LogP contribution >= 0.6 is 11.8 Å². The highest BCUT2D eigenvalue weighted by Crippen LogP contribution is 2.49. The molecular formula is C51H71N4O13S4+. The van der Waals surface area contributed by atoms with Gasteiger partial charge in [-0.25, -0.2) is 0 Å². The van der Waals surface area contributed by atoms with E-state index < -0.39 is 57.7 Å². The van der Waals surface area contributed by atoms with Crippen LogP contribution in [0, 0.1) is 6.92 Å². The number of benzene rings is 2. The van der Waals surface area contributed by atoms with E-state index in [4.69, 9.17) is 0 Å². The summed E-state index contributed by atoms with van der Waals surface area (Å²) in [5, 5.41) is 12.1. The first-order valence-corrected chi connectivity index (χ1v) is 29.8. The van der Waals surface area contributed by atoms with Crippen molar-refractivity contribution in [2.45, 2.75) is 145 Å². The predicted molar refractivity (Wildman–Crippen MR) is 282 cm³/mol. The Hall–Kier alpha value is -4.64. The SMILES string of the molecule is Cc1ccc2c(c1)C(C)(C)/C(=C\C=C1/CCCC(/C=C/C3=[N+](CCCCCC(=O)O)c4ccc(S(=O)(=O)O)cc4C3(C)C)=C1SCCC(=O)NCC(C)S(=O)(=O)O)N2CCCCC(=O)NCC(C)S(=O)(=O)O. The van der Waals surface area contributed by atoms with Crippen molar-refractivity contribution in [1.82, 2.24) is 10.6 Å². The van der Waals surface area contributed by atoms with Crippen LogP contribution in [0.15, 0.2) is 87.3 Å². The fourth-order valence-electron chi connectivity index (χ4n) is 9.28. The number of anilines is 1. The van der Waals surface area contributed by atoms with E-state index >= 15 is 0 Å². The summed E-state index contributed by atoms with van der Waals surface area (Å²) in [5.41, 5.74) is 7.68. The van der Waals surface area contributed by atoms with Crippen LogP contribution in [-0.4, -0.2) is 115 Å². The third kappa shape index (κ3) is 15.0. The fourth-order valence-corrected chi connectivity index (χ4v) is 11.6. The molecule has 0 saturated heterocycles. The number of carboxylic acids is 1. The number of unbranched alkanes of at least 4 members (excludes halogenated alkanes) is 3. The van der Waals surface area contributed by atoms with Gasteiger partial charge in [0.15, 0.2) is 5.71 Å². The molecule has 17 nitrogen and oxygen atoms in total. The van der Waals surface area contributed by atoms with Gasteiger partial charge in [0.2, 0.25) is 17.5 Å². The molecule has 1 aliphatic carbocycles. The highest BCUT2D eigenvalue weighted by atomic mass is 32.2. The maximum atomic E-state index is 13.0. The van der Waals surface area contributed by atoms with E-state index in [1.165, 1.54) is 37.7 Å². The lowest BCUT2D eigenvalue weighted by atomic mass is 9.81. The van der Waals surface area contributed by atoms with Crippen molar-refractivity contribution < 1.29 is 63.0 Å². The number of carbonyl (C=O) groups excluding carboxylic acids is 2. The van der Waals surface area contributed by atoms with Gasteiger partial charge in [-0.15, -0.1) is 11.8 Å². The molecule has 72 heavy (non-hydrogen) atoms. The molecule has 0 aromatic heterocycles. The minimum absolute atomic E-state index is 0.0519. The average Bonchev–Trinajstić information content (AvgIpc) is 3.63. The van der Waals surface area contributed by atoms with Crippen LogP contribution in [0.3, 0.4) is 0 Å². The van der Waals surface area contributed by atoms with Crippen molar-refractivity contribution in [2.24, 2.45) is 0 Å². The number of fused-ring (bicyclic) bond motifs is 2. The molecule has 5 rings (SSSR count). The van der Waals surface area contributed by atoms with Crippen LogP contribution in [0.1, 0.15) is 129 Å². The Morgan fingerprint density at radius 3 is 2.03 bits per heavy atom. The Morgan fingerprint density at radius 1 is 0.764 bits per heavy atom. The summed E-state index contributed by atoms with van der Waals surface area (Å²) in [6.07, 6.45) is 14.0. The molecule has 0 spiro atoms. The number of rotatable bonds is 25. The van der Waals surface area contributed by atoms with Crippen LogP contribution in [0.5, 0.6) is 0 Å². The van der Waals surface area contributed by atoms with E-state index in [0.717, 1.165) is 62.8 Å². The zero-order valence-electron chi connectivity index (χ0n) is 42.2. The van der Waals surface area contributed by atoms with Gasteiger partial charge in [-0.1, -0.05) is 43.7 Å². The molecule has 396 valence electrons. The van der Waals surface area contributed by atoms with Crippen molar-refractivity contribution in [1.29, 1.82) is 0 Å². The smallest absolute Gasteiger partial charge is 0.303 e. The van der Waals surface area contributed by atoms with Gasteiger partial charge in [-0.3, -0.25) is 28.0 Å². The highest BCUT2D eigenvalue weighted by Gasteiger charge is 2.45. The lowest BCUT2D eigenvalue weighted by Crippen LogP contribution is -2.34. The van der Waals surface area contributed by atoms with Crippen molar-refractivity contribution in [3.05, 3.63) is 99.1 Å². The number of allylic oxidation sites excluding steroid dienone is 7. The number of hydrogen-bond acceptors (Lipinski definition) is 11. The summed E-state index contributed by atoms with van der Waals surface area (Å²) in [5.74, 6) is -1.19. The Morgan fingerprint density at radius 2 is 1.40 bits per heavy atom. The molecule has 2 amide bonds. The molecule has 2 aliphatic heterocycles. The maximum Gasteiger partial charge on any atom is 0.303 e. The summed E-state index contributed by atoms with van der Waals surface area (Å²) in [6.45, 7) is 13.7. The minimum atomic E-state index is -4.50. The Bertz CT molecular complexity index is 2900. The summed E-state index contributed by atoms with van der Waals surface area (Å²) in [7, 11) is -13.1. The summed E-state index contributed by atoms with van der Waals surface area (Å²) in [4.78, 5) is 39.9. The first-order chi connectivity index (χ1) is 33.5.